The van der Waals surface area contributed by atoms with E-state index >= 15 is 0 Å². The van der Waals surface area contributed by atoms with Crippen LogP contribution in [0.5, 0.6) is 0 Å². The number of hydrogen-bond donors (Lipinski definition) is 1. The molecule has 1 fully saturated rings. The van der Waals surface area contributed by atoms with Crippen molar-refractivity contribution in [2.45, 2.75) is 33.2 Å². The predicted octanol–water partition coefficient (Wildman–Crippen LogP) is 1.95. The third-order valence-corrected chi connectivity index (χ3v) is 5.05. The van der Waals surface area contributed by atoms with Gasteiger partial charge in [0.1, 0.15) is 0 Å². The molecule has 1 unspecified atom stereocenters. The maximum atomic E-state index is 12.0. The van der Waals surface area contributed by atoms with Crippen molar-refractivity contribution in [2.75, 3.05) is 45.2 Å². The Kier molecular flexibility index (Phi) is 7.49. The van der Waals surface area contributed by atoms with E-state index in [-0.39, 0.29) is 11.9 Å². The second-order valence-corrected chi connectivity index (χ2v) is 7.06. The van der Waals surface area contributed by atoms with Crippen LogP contribution in [0.2, 0.25) is 0 Å². The highest BCUT2D eigenvalue weighted by atomic mass is 32.1. The van der Waals surface area contributed by atoms with Crippen molar-refractivity contribution >= 4 is 28.4 Å². The van der Waals surface area contributed by atoms with Crippen LogP contribution in [0.4, 0.5) is 5.13 Å². The minimum atomic E-state index is -0.0989. The number of aromatic nitrogens is 1. The molecule has 1 N–H and O–H groups in total. The molecule has 1 aromatic rings. The number of carbonyl (C=O) groups is 1. The molecule has 1 aliphatic heterocycles. The maximum absolute atomic E-state index is 12.0. The third kappa shape index (κ3) is 5.59. The van der Waals surface area contributed by atoms with Gasteiger partial charge < -0.3 is 19.9 Å². The van der Waals surface area contributed by atoms with Gasteiger partial charge in [0.05, 0.1) is 24.8 Å². The molecule has 8 heteroatoms. The Hall–Kier alpha value is -1.83. The largest absolute Gasteiger partial charge is 0.466 e. The minimum absolute atomic E-state index is 0.0721. The molecule has 2 heterocycles. The second kappa shape index (κ2) is 9.60. The van der Waals surface area contributed by atoms with Gasteiger partial charge in [-0.15, -0.1) is 11.3 Å². The van der Waals surface area contributed by atoms with Gasteiger partial charge in [0.15, 0.2) is 11.1 Å². The summed E-state index contributed by atoms with van der Waals surface area (Å²) in [6, 6.07) is 0. The van der Waals surface area contributed by atoms with Crippen LogP contribution in [0, 0.1) is 5.92 Å². The number of likely N-dealkylation sites (tertiary alicyclic amines) is 1. The zero-order chi connectivity index (χ0) is 18.2. The second-order valence-electron chi connectivity index (χ2n) is 6.22. The van der Waals surface area contributed by atoms with Crippen molar-refractivity contribution in [3.63, 3.8) is 0 Å². The molecule has 7 nitrogen and oxygen atoms in total. The predicted molar refractivity (Wildman–Crippen MR) is 102 cm³/mol. The summed E-state index contributed by atoms with van der Waals surface area (Å²) in [5.41, 5.74) is 0.961. The Morgan fingerprint density at radius 1 is 1.52 bits per heavy atom. The summed E-state index contributed by atoms with van der Waals surface area (Å²) >= 11 is 1.62. The normalized spacial score (nSPS) is 18.2. The molecule has 2 rings (SSSR count). The highest BCUT2D eigenvalue weighted by molar-refractivity contribution is 7.13. The lowest BCUT2D eigenvalue weighted by Gasteiger charge is -2.34. The smallest absolute Gasteiger partial charge is 0.310 e. The number of anilines is 1. The van der Waals surface area contributed by atoms with E-state index in [0.29, 0.717) is 19.7 Å². The zero-order valence-electron chi connectivity index (χ0n) is 15.6. The molecule has 0 saturated carbocycles. The van der Waals surface area contributed by atoms with E-state index in [1.54, 1.807) is 11.3 Å². The molecule has 0 aromatic carbocycles. The molecule has 25 heavy (non-hydrogen) atoms. The molecule has 1 aliphatic rings. The fourth-order valence-corrected chi connectivity index (χ4v) is 3.53. The van der Waals surface area contributed by atoms with Crippen molar-refractivity contribution < 1.29 is 9.53 Å². The van der Waals surface area contributed by atoms with E-state index < -0.39 is 0 Å². The number of nitrogens with one attached hydrogen (secondary N) is 1. The van der Waals surface area contributed by atoms with Crippen molar-refractivity contribution in [3.8, 4) is 0 Å². The first-order valence-corrected chi connectivity index (χ1v) is 9.74. The molecule has 0 aliphatic carbocycles. The van der Waals surface area contributed by atoms with Gasteiger partial charge in [-0.05, 0) is 26.7 Å². The highest BCUT2D eigenvalue weighted by Gasteiger charge is 2.28. The molecule has 140 valence electrons. The molecule has 1 aromatic heterocycles. The standard InChI is InChI=1S/C17H29N5O2S/c1-5-18-16(19-10-14-12-25-17(20-14)21(3)4)22-9-7-8-13(11-22)15(23)24-6-2/h12-13H,5-11H2,1-4H3,(H,18,19). The van der Waals surface area contributed by atoms with E-state index in [0.717, 1.165) is 42.7 Å². The summed E-state index contributed by atoms with van der Waals surface area (Å²) in [6.45, 7) is 7.22. The van der Waals surface area contributed by atoms with E-state index in [1.807, 2.05) is 31.3 Å². The first kappa shape index (κ1) is 19.5. The number of aliphatic imine (C=N–C) groups is 1. The van der Waals surface area contributed by atoms with Crippen LogP contribution in [-0.4, -0.2) is 62.1 Å². The lowest BCUT2D eigenvalue weighted by atomic mass is 9.98. The number of rotatable bonds is 6. The minimum Gasteiger partial charge on any atom is -0.466 e. The van der Waals surface area contributed by atoms with Crippen molar-refractivity contribution in [1.82, 2.24) is 15.2 Å². The molecule has 0 bridgehead atoms. The quantitative estimate of drug-likeness (QED) is 0.471. The summed E-state index contributed by atoms with van der Waals surface area (Å²) in [5, 5.41) is 6.36. The number of guanidine groups is 1. The first-order chi connectivity index (χ1) is 12.0. The Balaban J connectivity index is 2.03. The zero-order valence-corrected chi connectivity index (χ0v) is 16.4. The molecule has 0 amide bonds. The molecule has 1 atom stereocenters. The van der Waals surface area contributed by atoms with Crippen LogP contribution in [-0.2, 0) is 16.1 Å². The van der Waals surface area contributed by atoms with Gasteiger partial charge in [0, 0.05) is 39.1 Å². The Morgan fingerprint density at radius 3 is 2.96 bits per heavy atom. The molecule has 0 spiro atoms. The van der Waals surface area contributed by atoms with Crippen LogP contribution in [0.25, 0.3) is 0 Å². The summed E-state index contributed by atoms with van der Waals surface area (Å²) < 4.78 is 5.18. The SMILES string of the molecule is CCNC(=NCc1csc(N(C)C)n1)N1CCCC(C(=O)OCC)C1. The molecule has 1 saturated heterocycles. The number of ether oxygens (including phenoxy) is 1. The molecular formula is C17H29N5O2S. The number of nitrogens with zero attached hydrogens (tertiary/aromatic N) is 4. The van der Waals surface area contributed by atoms with Crippen molar-refractivity contribution in [1.29, 1.82) is 0 Å². The van der Waals surface area contributed by atoms with Gasteiger partial charge in [-0.25, -0.2) is 9.98 Å². The first-order valence-electron chi connectivity index (χ1n) is 8.86. The van der Waals surface area contributed by atoms with Gasteiger partial charge >= 0.3 is 5.97 Å². The van der Waals surface area contributed by atoms with Crippen molar-refractivity contribution in [2.24, 2.45) is 10.9 Å². The average Bonchev–Trinajstić information content (AvgIpc) is 3.08. The van der Waals surface area contributed by atoms with Crippen molar-refractivity contribution in [3.05, 3.63) is 11.1 Å². The lowest BCUT2D eigenvalue weighted by Crippen LogP contribution is -2.48. The van der Waals surface area contributed by atoms with Crippen LogP contribution in [0.3, 0.4) is 0 Å². The van der Waals surface area contributed by atoms with Gasteiger partial charge in [0.25, 0.3) is 0 Å². The van der Waals surface area contributed by atoms with Crippen LogP contribution < -0.4 is 10.2 Å². The topological polar surface area (TPSA) is 70.1 Å². The van der Waals surface area contributed by atoms with Crippen LogP contribution in [0.1, 0.15) is 32.4 Å². The monoisotopic (exact) mass is 367 g/mol. The molecule has 0 radical (unpaired) electrons. The maximum Gasteiger partial charge on any atom is 0.310 e. The van der Waals surface area contributed by atoms with Gasteiger partial charge in [-0.1, -0.05) is 0 Å². The lowest BCUT2D eigenvalue weighted by molar-refractivity contribution is -0.149. The summed E-state index contributed by atoms with van der Waals surface area (Å²) in [5.74, 6) is 0.672. The van der Waals surface area contributed by atoms with Gasteiger partial charge in [0.2, 0.25) is 0 Å². The Bertz CT molecular complexity index is 587. The number of esters is 1. The number of piperidine rings is 1. The number of carbonyl (C=O) groups excluding carboxylic acids is 1. The fourth-order valence-electron chi connectivity index (χ4n) is 2.78. The van der Waals surface area contributed by atoms with E-state index in [2.05, 4.69) is 22.1 Å². The van der Waals surface area contributed by atoms with Crippen LogP contribution >= 0.6 is 11.3 Å². The van der Waals surface area contributed by atoms with E-state index in [9.17, 15) is 4.79 Å². The van der Waals surface area contributed by atoms with Gasteiger partial charge in [-0.2, -0.15) is 0 Å². The average molecular weight is 368 g/mol. The number of hydrogen-bond acceptors (Lipinski definition) is 6. The van der Waals surface area contributed by atoms with E-state index in [1.165, 1.54) is 0 Å². The summed E-state index contributed by atoms with van der Waals surface area (Å²) in [7, 11) is 3.97. The Morgan fingerprint density at radius 2 is 2.32 bits per heavy atom. The Labute approximate surface area is 154 Å². The number of thiazole rings is 1. The highest BCUT2D eigenvalue weighted by Crippen LogP contribution is 2.20. The summed E-state index contributed by atoms with van der Waals surface area (Å²) in [4.78, 5) is 25.5. The summed E-state index contributed by atoms with van der Waals surface area (Å²) in [6.07, 6.45) is 1.85. The molecular weight excluding hydrogens is 338 g/mol. The fraction of sp³-hybridized carbons (Fsp3) is 0.706. The van der Waals surface area contributed by atoms with E-state index in [4.69, 9.17) is 9.73 Å². The van der Waals surface area contributed by atoms with Gasteiger partial charge in [-0.3, -0.25) is 4.79 Å². The van der Waals surface area contributed by atoms with Crippen LogP contribution in [0.15, 0.2) is 10.4 Å². The third-order valence-electron chi connectivity index (χ3n) is 3.99.